The number of methoxy groups -OCH3 is 1. The number of aromatic nitrogens is 5. The quantitative estimate of drug-likeness (QED) is 0.439. The average molecular weight is 405 g/mol. The van der Waals surface area contributed by atoms with Crippen molar-refractivity contribution < 1.29 is 9.15 Å². The van der Waals surface area contributed by atoms with Crippen LogP contribution < -0.4 is 4.74 Å². The van der Waals surface area contributed by atoms with Crippen LogP contribution in [-0.4, -0.2) is 32.3 Å². The van der Waals surface area contributed by atoms with Crippen molar-refractivity contribution in [3.63, 3.8) is 0 Å². The molecule has 4 aromatic rings. The van der Waals surface area contributed by atoms with Crippen LogP contribution >= 0.6 is 11.8 Å². The Kier molecular flexibility index (Phi) is 5.53. The van der Waals surface area contributed by atoms with Gasteiger partial charge in [-0.25, -0.2) is 9.97 Å². The Hall–Kier alpha value is -3.26. The molecule has 0 aliphatic carbocycles. The van der Waals surface area contributed by atoms with Gasteiger partial charge >= 0.3 is 0 Å². The summed E-state index contributed by atoms with van der Waals surface area (Å²) >= 11 is 1.34. The number of rotatable bonds is 6. The second kappa shape index (κ2) is 8.40. The standard InChI is InChI=1S/C21H19N5O2S/c1-13-14(2)23-19(16-5-4-10-22-12-16)24-20(13)29-21-26-25-18(28-21)11-15-6-8-17(27-3)9-7-15/h4-10,12H,11H2,1-3H3. The lowest BCUT2D eigenvalue weighted by Crippen LogP contribution is -1.98. The van der Waals surface area contributed by atoms with E-state index in [1.807, 2.05) is 50.2 Å². The van der Waals surface area contributed by atoms with Gasteiger partial charge in [-0.1, -0.05) is 12.1 Å². The first-order valence-corrected chi connectivity index (χ1v) is 9.83. The highest BCUT2D eigenvalue weighted by Crippen LogP contribution is 2.30. The van der Waals surface area contributed by atoms with Crippen LogP contribution in [0.1, 0.15) is 22.7 Å². The van der Waals surface area contributed by atoms with E-state index >= 15 is 0 Å². The van der Waals surface area contributed by atoms with Crippen LogP contribution in [0.5, 0.6) is 5.75 Å². The van der Waals surface area contributed by atoms with E-state index in [1.54, 1.807) is 19.5 Å². The Labute approximate surface area is 172 Å². The number of hydrogen-bond donors (Lipinski definition) is 0. The lowest BCUT2D eigenvalue weighted by molar-refractivity contribution is 0.413. The molecule has 0 unspecified atom stereocenters. The van der Waals surface area contributed by atoms with Crippen LogP contribution in [0.3, 0.4) is 0 Å². The molecule has 7 nitrogen and oxygen atoms in total. The van der Waals surface area contributed by atoms with E-state index in [9.17, 15) is 0 Å². The highest BCUT2D eigenvalue weighted by molar-refractivity contribution is 7.99. The van der Waals surface area contributed by atoms with Crippen LogP contribution in [0.4, 0.5) is 0 Å². The van der Waals surface area contributed by atoms with Crippen molar-refractivity contribution in [2.24, 2.45) is 0 Å². The molecule has 0 aliphatic heterocycles. The zero-order valence-electron chi connectivity index (χ0n) is 16.3. The molecular formula is C21H19N5O2S. The van der Waals surface area contributed by atoms with Gasteiger partial charge in [-0.15, -0.1) is 10.2 Å². The molecule has 1 aromatic carbocycles. The molecule has 146 valence electrons. The minimum absolute atomic E-state index is 0.451. The third-order valence-electron chi connectivity index (χ3n) is 4.41. The molecule has 0 fully saturated rings. The van der Waals surface area contributed by atoms with E-state index in [2.05, 4.69) is 25.1 Å². The Morgan fingerprint density at radius 1 is 1.03 bits per heavy atom. The smallest absolute Gasteiger partial charge is 0.282 e. The molecule has 3 heterocycles. The van der Waals surface area contributed by atoms with Gasteiger partial charge < -0.3 is 9.15 Å². The van der Waals surface area contributed by atoms with E-state index in [-0.39, 0.29) is 0 Å². The van der Waals surface area contributed by atoms with Gasteiger partial charge in [0, 0.05) is 29.2 Å². The maximum absolute atomic E-state index is 5.83. The summed E-state index contributed by atoms with van der Waals surface area (Å²) in [4.78, 5) is 13.4. The largest absolute Gasteiger partial charge is 0.497 e. The summed E-state index contributed by atoms with van der Waals surface area (Å²) in [7, 11) is 1.65. The molecule has 0 spiro atoms. The first-order valence-electron chi connectivity index (χ1n) is 9.01. The number of nitrogens with zero attached hydrogens (tertiary/aromatic N) is 5. The Balaban J connectivity index is 1.54. The van der Waals surface area contributed by atoms with Gasteiger partial charge in [0.2, 0.25) is 5.89 Å². The molecule has 8 heteroatoms. The number of benzene rings is 1. The molecular weight excluding hydrogens is 386 g/mol. The third kappa shape index (κ3) is 4.43. The van der Waals surface area contributed by atoms with Crippen molar-refractivity contribution in [3.8, 4) is 17.1 Å². The van der Waals surface area contributed by atoms with Crippen molar-refractivity contribution >= 4 is 11.8 Å². The lowest BCUT2D eigenvalue weighted by atomic mass is 10.1. The number of aryl methyl sites for hydroxylation is 1. The zero-order chi connectivity index (χ0) is 20.2. The van der Waals surface area contributed by atoms with Crippen molar-refractivity contribution in [1.29, 1.82) is 0 Å². The summed E-state index contributed by atoms with van der Waals surface area (Å²) in [5.74, 6) is 1.99. The monoisotopic (exact) mass is 405 g/mol. The molecule has 0 aliphatic rings. The van der Waals surface area contributed by atoms with Crippen molar-refractivity contribution in [2.75, 3.05) is 7.11 Å². The summed E-state index contributed by atoms with van der Waals surface area (Å²) in [5, 5.41) is 9.56. The molecule has 29 heavy (non-hydrogen) atoms. The normalized spacial score (nSPS) is 10.9. The van der Waals surface area contributed by atoms with Crippen LogP contribution in [0, 0.1) is 13.8 Å². The van der Waals surface area contributed by atoms with Crippen molar-refractivity contribution in [2.45, 2.75) is 30.5 Å². The summed E-state index contributed by atoms with van der Waals surface area (Å²) in [6.07, 6.45) is 4.03. The van der Waals surface area contributed by atoms with Gasteiger partial charge in [0.25, 0.3) is 5.22 Å². The zero-order valence-corrected chi connectivity index (χ0v) is 17.1. The summed E-state index contributed by atoms with van der Waals surface area (Å²) in [6, 6.07) is 11.6. The highest BCUT2D eigenvalue weighted by Gasteiger charge is 2.15. The van der Waals surface area contributed by atoms with Crippen LogP contribution in [-0.2, 0) is 6.42 Å². The molecule has 0 N–H and O–H groups in total. The van der Waals surface area contributed by atoms with Crippen LogP contribution in [0.25, 0.3) is 11.4 Å². The Bertz CT molecular complexity index is 1110. The van der Waals surface area contributed by atoms with Gasteiger partial charge in [0.15, 0.2) is 5.82 Å². The SMILES string of the molecule is COc1ccc(Cc2nnc(Sc3nc(-c4cccnc4)nc(C)c3C)o2)cc1. The molecule has 0 atom stereocenters. The Morgan fingerprint density at radius 3 is 2.59 bits per heavy atom. The fraction of sp³-hybridized carbons (Fsp3) is 0.190. The molecule has 4 rings (SSSR count). The van der Waals surface area contributed by atoms with Crippen molar-refractivity contribution in [1.82, 2.24) is 25.1 Å². The molecule has 0 saturated carbocycles. The second-order valence-corrected chi connectivity index (χ2v) is 7.33. The maximum Gasteiger partial charge on any atom is 0.282 e. The molecule has 0 amide bonds. The van der Waals surface area contributed by atoms with E-state index in [0.717, 1.165) is 33.2 Å². The van der Waals surface area contributed by atoms with Gasteiger partial charge in [0.1, 0.15) is 10.8 Å². The topological polar surface area (TPSA) is 86.8 Å². The second-order valence-electron chi connectivity index (χ2n) is 6.39. The van der Waals surface area contributed by atoms with E-state index in [1.165, 1.54) is 11.8 Å². The van der Waals surface area contributed by atoms with Gasteiger partial charge in [0.05, 0.1) is 13.5 Å². The average Bonchev–Trinajstić information content (AvgIpc) is 3.19. The number of pyridine rings is 1. The van der Waals surface area contributed by atoms with Gasteiger partial charge in [-0.05, 0) is 55.4 Å². The van der Waals surface area contributed by atoms with Crippen molar-refractivity contribution in [3.05, 3.63) is 71.5 Å². The van der Waals surface area contributed by atoms with Crippen LogP contribution in [0.15, 0.2) is 63.5 Å². The third-order valence-corrected chi connectivity index (χ3v) is 5.34. The Morgan fingerprint density at radius 2 is 1.86 bits per heavy atom. The predicted octanol–water partition coefficient (Wildman–Crippen LogP) is 4.29. The summed E-state index contributed by atoms with van der Waals surface area (Å²) in [6.45, 7) is 3.95. The first kappa shape index (κ1) is 19.1. The maximum atomic E-state index is 5.83. The summed E-state index contributed by atoms with van der Waals surface area (Å²) in [5.41, 5.74) is 3.82. The summed E-state index contributed by atoms with van der Waals surface area (Å²) < 4.78 is 11.0. The molecule has 3 aromatic heterocycles. The number of ether oxygens (including phenoxy) is 1. The van der Waals surface area contributed by atoms with Gasteiger partial charge in [-0.2, -0.15) is 0 Å². The lowest BCUT2D eigenvalue weighted by Gasteiger charge is -2.08. The fourth-order valence-electron chi connectivity index (χ4n) is 2.68. The van der Waals surface area contributed by atoms with E-state index < -0.39 is 0 Å². The van der Waals surface area contributed by atoms with Crippen LogP contribution in [0.2, 0.25) is 0 Å². The van der Waals surface area contributed by atoms with Gasteiger partial charge in [-0.3, -0.25) is 4.98 Å². The minimum Gasteiger partial charge on any atom is -0.497 e. The predicted molar refractivity (Wildman–Crippen MR) is 109 cm³/mol. The molecule has 0 saturated heterocycles. The molecule has 0 radical (unpaired) electrons. The fourth-order valence-corrected chi connectivity index (χ4v) is 3.50. The van der Waals surface area contributed by atoms with E-state index in [0.29, 0.717) is 23.4 Å². The minimum atomic E-state index is 0.451. The molecule has 0 bridgehead atoms. The highest BCUT2D eigenvalue weighted by atomic mass is 32.2. The number of hydrogen-bond acceptors (Lipinski definition) is 8. The first-order chi connectivity index (χ1) is 14.1. The van der Waals surface area contributed by atoms with E-state index in [4.69, 9.17) is 9.15 Å².